The van der Waals surface area contributed by atoms with Gasteiger partial charge in [0.05, 0.1) is 4.90 Å². The second-order valence-corrected chi connectivity index (χ2v) is 10.8. The Bertz CT molecular complexity index is 919. The molecule has 1 aromatic carbocycles. The number of carbonyl (C=O) groups is 2. The van der Waals surface area contributed by atoms with Gasteiger partial charge in [0, 0.05) is 19.1 Å². The van der Waals surface area contributed by atoms with Gasteiger partial charge in [-0.3, -0.25) is 9.59 Å². The molecule has 34 heavy (non-hydrogen) atoms. The molecule has 0 spiro atoms. The van der Waals surface area contributed by atoms with Crippen molar-refractivity contribution in [3.8, 4) is 0 Å². The molecule has 12 heteroatoms. The third kappa shape index (κ3) is 6.17. The Morgan fingerprint density at radius 2 is 1.82 bits per heavy atom. The highest BCUT2D eigenvalue weighted by atomic mass is 32.2. The van der Waals surface area contributed by atoms with Crippen molar-refractivity contribution < 1.29 is 27.7 Å². The molecule has 2 amide bonds. The first-order chi connectivity index (χ1) is 16.3. The van der Waals surface area contributed by atoms with Gasteiger partial charge in [-0.1, -0.05) is 31.0 Å². The van der Waals surface area contributed by atoms with E-state index in [4.69, 9.17) is 15.4 Å². The first kappa shape index (κ1) is 26.6. The van der Waals surface area contributed by atoms with Crippen LogP contribution in [0.1, 0.15) is 51.4 Å². The van der Waals surface area contributed by atoms with Crippen LogP contribution in [0.15, 0.2) is 35.2 Å². The number of rotatable bonds is 11. The minimum Gasteiger partial charge on any atom is -0.429 e. The molecular formula is C22H34BN4O6S. The molecule has 2 fully saturated rings. The summed E-state index contributed by atoms with van der Waals surface area (Å²) in [5, 5.41) is 14.7. The predicted molar refractivity (Wildman–Crippen MR) is 127 cm³/mol. The van der Waals surface area contributed by atoms with Crippen LogP contribution in [0.5, 0.6) is 0 Å². The molecular weight excluding hydrogens is 459 g/mol. The maximum atomic E-state index is 13.3. The van der Waals surface area contributed by atoms with E-state index < -0.39 is 27.6 Å². The zero-order valence-electron chi connectivity index (χ0n) is 19.3. The molecule has 0 unspecified atom stereocenters. The summed E-state index contributed by atoms with van der Waals surface area (Å²) >= 11 is 0. The maximum Gasteiger partial charge on any atom is 0.486 e. The third-order valence-corrected chi connectivity index (χ3v) is 8.60. The smallest absolute Gasteiger partial charge is 0.429 e. The molecule has 1 saturated carbocycles. The lowest BCUT2D eigenvalue weighted by molar-refractivity contribution is -0.145. The highest BCUT2D eigenvalue weighted by Crippen LogP contribution is 2.39. The average Bonchev–Trinajstić information content (AvgIpc) is 3.35. The van der Waals surface area contributed by atoms with Crippen molar-refractivity contribution in [2.45, 2.75) is 68.5 Å². The van der Waals surface area contributed by atoms with Gasteiger partial charge in [0.2, 0.25) is 21.8 Å². The molecule has 1 aliphatic carbocycles. The molecule has 0 bridgehead atoms. The Kier molecular flexibility index (Phi) is 9.49. The van der Waals surface area contributed by atoms with Gasteiger partial charge < -0.3 is 26.0 Å². The van der Waals surface area contributed by atoms with Gasteiger partial charge in [-0.2, -0.15) is 4.31 Å². The van der Waals surface area contributed by atoms with Crippen molar-refractivity contribution in [2.75, 3.05) is 19.6 Å². The summed E-state index contributed by atoms with van der Waals surface area (Å²) in [5.74, 6) is -0.757. The molecule has 1 heterocycles. The second-order valence-electron chi connectivity index (χ2n) is 8.89. The summed E-state index contributed by atoms with van der Waals surface area (Å²) in [6.45, 7) is 0.997. The topological polar surface area (TPSA) is 151 Å². The zero-order chi connectivity index (χ0) is 24.6. The van der Waals surface area contributed by atoms with Crippen LogP contribution in [0.25, 0.3) is 0 Å². The van der Waals surface area contributed by atoms with Crippen LogP contribution in [-0.4, -0.2) is 69.2 Å². The van der Waals surface area contributed by atoms with Crippen molar-refractivity contribution in [1.82, 2.24) is 14.9 Å². The van der Waals surface area contributed by atoms with E-state index in [9.17, 15) is 18.0 Å². The Morgan fingerprint density at radius 1 is 1.18 bits per heavy atom. The van der Waals surface area contributed by atoms with E-state index in [1.54, 1.807) is 30.3 Å². The summed E-state index contributed by atoms with van der Waals surface area (Å²) in [6, 6.07) is 8.08. The first-order valence-corrected chi connectivity index (χ1v) is 13.3. The Labute approximate surface area is 202 Å². The van der Waals surface area contributed by atoms with Crippen LogP contribution in [0.4, 0.5) is 0 Å². The standard InChI is InChI=1S/C22H34BN4O6S/c24-14-6-9-19(33-23-30)26-21(29)22(12-4-5-13-22)20(28)25-17-10-15-27(16-11-17)34(31,32)18-7-2-1-3-8-18/h1-3,7-8,17,19,30H,4-6,9-16,24H2,(H,25,28)(H,26,29)/t19-/m1/s1. The minimum atomic E-state index is -3.57. The van der Waals surface area contributed by atoms with Crippen LogP contribution >= 0.6 is 0 Å². The summed E-state index contributed by atoms with van der Waals surface area (Å²) in [4.78, 5) is 26.7. The van der Waals surface area contributed by atoms with Crippen LogP contribution in [0.2, 0.25) is 0 Å². The molecule has 0 aromatic heterocycles. The molecule has 5 N–H and O–H groups in total. The number of hydrogen-bond acceptors (Lipinski definition) is 7. The monoisotopic (exact) mass is 493 g/mol. The van der Waals surface area contributed by atoms with Gasteiger partial charge in [0.15, 0.2) is 0 Å². The molecule has 10 nitrogen and oxygen atoms in total. The SMILES string of the molecule is NCCC[C@H](NC(=O)C1(C(=O)NC2CCN(S(=O)(=O)c3ccccc3)CC2)CCCC1)O[B]O. The highest BCUT2D eigenvalue weighted by Gasteiger charge is 2.49. The number of amides is 2. The van der Waals surface area contributed by atoms with E-state index in [0.717, 1.165) is 12.8 Å². The summed E-state index contributed by atoms with van der Waals surface area (Å²) < 4.78 is 32.2. The van der Waals surface area contributed by atoms with Crippen LogP contribution in [-0.2, 0) is 24.3 Å². The Balaban J connectivity index is 1.60. The van der Waals surface area contributed by atoms with Crippen molar-refractivity contribution in [3.63, 3.8) is 0 Å². The van der Waals surface area contributed by atoms with E-state index in [1.807, 2.05) is 0 Å². The van der Waals surface area contributed by atoms with Crippen molar-refractivity contribution >= 4 is 29.5 Å². The number of nitrogens with two attached hydrogens (primary N) is 1. The third-order valence-electron chi connectivity index (χ3n) is 6.68. The van der Waals surface area contributed by atoms with E-state index >= 15 is 0 Å². The number of piperidine rings is 1. The average molecular weight is 493 g/mol. The van der Waals surface area contributed by atoms with Gasteiger partial charge in [0.25, 0.3) is 0 Å². The quantitative estimate of drug-likeness (QED) is 0.196. The summed E-state index contributed by atoms with van der Waals surface area (Å²) in [6.07, 6.45) is 3.54. The number of hydrogen-bond donors (Lipinski definition) is 4. The summed E-state index contributed by atoms with van der Waals surface area (Å²) in [7, 11) is -3.04. The van der Waals surface area contributed by atoms with Crippen LogP contribution < -0.4 is 16.4 Å². The molecule has 1 atom stereocenters. The van der Waals surface area contributed by atoms with Crippen LogP contribution in [0.3, 0.4) is 0 Å². The molecule has 3 rings (SSSR count). The molecule has 1 aromatic rings. The van der Waals surface area contributed by atoms with E-state index in [-0.39, 0.29) is 16.8 Å². The number of carbonyl (C=O) groups excluding carboxylic acids is 2. The maximum absolute atomic E-state index is 13.3. The van der Waals surface area contributed by atoms with Crippen LogP contribution in [0, 0.1) is 5.41 Å². The largest absolute Gasteiger partial charge is 0.486 e. The fraction of sp³-hybridized carbons (Fsp3) is 0.636. The van der Waals surface area contributed by atoms with E-state index in [0.29, 0.717) is 65.8 Å². The van der Waals surface area contributed by atoms with Crippen molar-refractivity contribution in [1.29, 1.82) is 0 Å². The number of nitrogens with one attached hydrogen (secondary N) is 2. The molecule has 2 aliphatic rings. The number of sulfonamides is 1. The minimum absolute atomic E-state index is 0.213. The van der Waals surface area contributed by atoms with E-state index in [1.165, 1.54) is 4.31 Å². The zero-order valence-corrected chi connectivity index (χ0v) is 20.1. The first-order valence-electron chi connectivity index (χ1n) is 11.8. The molecule has 1 saturated heterocycles. The van der Waals surface area contributed by atoms with Gasteiger partial charge in [-0.25, -0.2) is 8.42 Å². The fourth-order valence-electron chi connectivity index (χ4n) is 4.68. The normalized spacial score (nSPS) is 19.9. The van der Waals surface area contributed by atoms with Crippen molar-refractivity contribution in [2.24, 2.45) is 11.1 Å². The lowest BCUT2D eigenvalue weighted by atomic mass is 9.83. The second kappa shape index (κ2) is 12.1. The summed E-state index contributed by atoms with van der Waals surface area (Å²) in [5.41, 5.74) is 4.33. The predicted octanol–water partition coefficient (Wildman–Crippen LogP) is 0.241. The molecule has 1 aliphatic heterocycles. The lowest BCUT2D eigenvalue weighted by Crippen LogP contribution is -2.56. The fourth-order valence-corrected chi connectivity index (χ4v) is 6.17. The molecule has 187 valence electrons. The van der Waals surface area contributed by atoms with Gasteiger partial charge in [-0.15, -0.1) is 0 Å². The van der Waals surface area contributed by atoms with Gasteiger partial charge in [0.1, 0.15) is 11.6 Å². The Hall–Kier alpha value is -1.99. The molecule has 1 radical (unpaired) electrons. The lowest BCUT2D eigenvalue weighted by Gasteiger charge is -2.35. The number of benzene rings is 1. The van der Waals surface area contributed by atoms with Gasteiger partial charge >= 0.3 is 7.69 Å². The highest BCUT2D eigenvalue weighted by molar-refractivity contribution is 7.89. The Morgan fingerprint density at radius 3 is 2.41 bits per heavy atom. The van der Waals surface area contributed by atoms with E-state index in [2.05, 4.69) is 10.6 Å². The van der Waals surface area contributed by atoms with Crippen molar-refractivity contribution in [3.05, 3.63) is 30.3 Å². The number of nitrogens with zero attached hydrogens (tertiary/aromatic N) is 1. The van der Waals surface area contributed by atoms with Gasteiger partial charge in [-0.05, 0) is 57.2 Å².